The van der Waals surface area contributed by atoms with E-state index in [0.29, 0.717) is 0 Å². The van der Waals surface area contributed by atoms with Gasteiger partial charge in [-0.05, 0) is 44.4 Å². The first kappa shape index (κ1) is 47.0. The molecule has 4 heterocycles. The van der Waals surface area contributed by atoms with E-state index in [0.717, 1.165) is 18.5 Å². The Bertz CT molecular complexity index is 2390. The maximum atomic E-state index is 14.7. The topological polar surface area (TPSA) is 292 Å². The number of carbonyl (C=O) groups excluding carboxylic acids is 6. The number of ketones is 4. The fourth-order valence-corrected chi connectivity index (χ4v) is 8.49. The first-order valence-corrected chi connectivity index (χ1v) is 20.6. The van der Waals surface area contributed by atoms with Crippen LogP contribution >= 0.6 is 0 Å². The normalized spacial score (nSPS) is 30.9. The number of esters is 1. The van der Waals surface area contributed by atoms with Crippen LogP contribution in [-0.4, -0.2) is 111 Å². The minimum Gasteiger partial charge on any atom is -0.507 e. The van der Waals surface area contributed by atoms with Crippen molar-refractivity contribution in [3.05, 3.63) is 86.1 Å². The van der Waals surface area contributed by atoms with Gasteiger partial charge in [0.2, 0.25) is 11.6 Å². The number of nitro groups is 1. The molecule has 5 aliphatic rings. The number of aliphatic hydroxyl groups excluding tert-OH is 2. The maximum absolute atomic E-state index is 14.7. The third-order valence-electron chi connectivity index (χ3n) is 12.4. The van der Waals surface area contributed by atoms with Crippen molar-refractivity contribution >= 4 is 46.5 Å². The molecule has 0 unspecified atom stereocenters. The molecule has 1 saturated carbocycles. The molecule has 342 valence electrons. The monoisotopic (exact) mass is 889 g/mol. The minimum atomic E-state index is -2.17. The third kappa shape index (κ3) is 8.84. The highest BCUT2D eigenvalue weighted by atomic mass is 16.7. The SMILES string of the molecule is CO[C@H]1/C=C/O[C@@]2(C)Oc3c(C)c(O)c4c(c3C2=O)C(=O)C(NCCNc2ccc([N+](=O)[O-])cn2)=C(NC(=O)/C(C)=C\C(=O)[C@@H]2C[C@@H]2[C@H](O)[C@@H](C)[C@@H](O)[C@@H](C)[C@H](OC(C)=O)[C@@H]1C)C4=O. The Kier molecular flexibility index (Phi) is 13.4. The molecular formula is C44H51N5O15. The summed E-state index contributed by atoms with van der Waals surface area (Å²) in [7, 11) is 1.38. The van der Waals surface area contributed by atoms with Crippen LogP contribution in [-0.2, 0) is 28.6 Å². The molecule has 1 fully saturated rings. The van der Waals surface area contributed by atoms with Gasteiger partial charge < -0.3 is 50.2 Å². The van der Waals surface area contributed by atoms with Gasteiger partial charge in [0.1, 0.15) is 41.0 Å². The number of amides is 1. The molecular weight excluding hydrogens is 839 g/mol. The van der Waals surface area contributed by atoms with Crippen LogP contribution in [0.4, 0.5) is 11.5 Å². The summed E-state index contributed by atoms with van der Waals surface area (Å²) in [6.07, 6.45) is 0.606. The van der Waals surface area contributed by atoms with E-state index >= 15 is 0 Å². The second-order valence-electron chi connectivity index (χ2n) is 16.7. The molecule has 3 aliphatic heterocycles. The van der Waals surface area contributed by atoms with Crippen LogP contribution in [0, 0.1) is 46.6 Å². The summed E-state index contributed by atoms with van der Waals surface area (Å²) in [6.45, 7) is 9.98. The largest absolute Gasteiger partial charge is 0.507 e. The molecule has 1 amide bonds. The van der Waals surface area contributed by atoms with Gasteiger partial charge in [0.25, 0.3) is 17.4 Å². The summed E-state index contributed by atoms with van der Waals surface area (Å²) < 4.78 is 23.4. The molecule has 0 saturated heterocycles. The van der Waals surface area contributed by atoms with Gasteiger partial charge in [0.15, 0.2) is 5.78 Å². The average Bonchev–Trinajstić information content (AvgIpc) is 4.02. The summed E-state index contributed by atoms with van der Waals surface area (Å²) in [5.41, 5.74) is -3.08. The third-order valence-corrected chi connectivity index (χ3v) is 12.4. The number of allylic oxidation sites excluding steroid dienone is 3. The van der Waals surface area contributed by atoms with E-state index < -0.39 is 128 Å². The zero-order valence-corrected chi connectivity index (χ0v) is 36.4. The summed E-state index contributed by atoms with van der Waals surface area (Å²) in [5.74, 6) is -11.5. The van der Waals surface area contributed by atoms with Crippen LogP contribution in [0.25, 0.3) is 0 Å². The lowest BCUT2D eigenvalue weighted by Gasteiger charge is -2.37. The number of rotatable bonds is 8. The lowest BCUT2D eigenvalue weighted by molar-refractivity contribution is -0.385. The number of benzene rings is 1. The molecule has 20 heteroatoms. The number of fused-ring (bicyclic) bond motifs is 12. The number of nitrogens with zero attached hydrogens (tertiary/aromatic N) is 2. The summed E-state index contributed by atoms with van der Waals surface area (Å²) in [4.78, 5) is 97.6. The Labute approximate surface area is 367 Å². The summed E-state index contributed by atoms with van der Waals surface area (Å²) in [6, 6.07) is 2.59. The molecule has 20 nitrogen and oxygen atoms in total. The fraction of sp³-hybridized carbons (Fsp3) is 0.477. The predicted molar refractivity (Wildman–Crippen MR) is 224 cm³/mol. The first-order chi connectivity index (χ1) is 30.1. The van der Waals surface area contributed by atoms with Crippen LogP contribution in [0.2, 0.25) is 0 Å². The van der Waals surface area contributed by atoms with Gasteiger partial charge in [0, 0.05) is 74.9 Å². The highest BCUT2D eigenvalue weighted by molar-refractivity contribution is 6.32. The molecule has 2 aromatic rings. The highest BCUT2D eigenvalue weighted by Gasteiger charge is 2.53. The molecule has 7 rings (SSSR count). The average molecular weight is 890 g/mol. The number of aromatic nitrogens is 1. The number of pyridine rings is 1. The summed E-state index contributed by atoms with van der Waals surface area (Å²) >= 11 is 0. The van der Waals surface area contributed by atoms with Crippen molar-refractivity contribution in [1.29, 1.82) is 0 Å². The number of aliphatic hydroxyl groups is 2. The lowest BCUT2D eigenvalue weighted by Crippen LogP contribution is -2.46. The standard InChI is InChI=1S/C44H51N5O15/c1-18-15-27(51)25-16-26(25)36(53)20(3)35(52)21(4)40(63-23(6)50)19(2)28(61-8)11-14-62-44(7)42(57)32-30-31(37(54)22(5)41(32)64-44)39(56)34(48-43(18)58)33(38(30)55)46-13-12-45-29-10-9-24(17-47-29)49(59)60/h9-11,14-15,17,19-21,25-26,28,35-36,40,46,52-54H,12-13,16H2,1-8H3,(H,45,47)(H,48,58)/b14-11+,18-15-/t19-,20+,21-,25-,26+,28+,35-,36-,40-,44+/m1/s1. The van der Waals surface area contributed by atoms with Crippen molar-refractivity contribution in [1.82, 2.24) is 15.6 Å². The number of hydrogen-bond donors (Lipinski definition) is 6. The number of carbonyl (C=O) groups is 6. The Morgan fingerprint density at radius 2 is 1.69 bits per heavy atom. The zero-order chi connectivity index (χ0) is 47.1. The predicted octanol–water partition coefficient (Wildman–Crippen LogP) is 2.98. The van der Waals surface area contributed by atoms with Crippen molar-refractivity contribution in [2.24, 2.45) is 29.6 Å². The number of aromatic hydroxyl groups is 1. The number of methoxy groups -OCH3 is 1. The second-order valence-corrected chi connectivity index (χ2v) is 16.7. The molecule has 6 N–H and O–H groups in total. The van der Waals surface area contributed by atoms with Gasteiger partial charge in [-0.25, -0.2) is 4.98 Å². The molecule has 1 aromatic heterocycles. The highest BCUT2D eigenvalue weighted by Crippen LogP contribution is 2.49. The number of Topliss-reactive ketones (excluding diaryl/α,β-unsaturated/α-hetero) is 3. The molecule has 1 aromatic carbocycles. The second kappa shape index (κ2) is 18.3. The molecule has 64 heavy (non-hydrogen) atoms. The number of phenols is 1. The minimum absolute atomic E-state index is 0.0144. The zero-order valence-electron chi connectivity index (χ0n) is 36.4. The Morgan fingerprint density at radius 1 is 1.00 bits per heavy atom. The molecule has 10 atom stereocenters. The van der Waals surface area contributed by atoms with Crippen LogP contribution < -0.4 is 20.7 Å². The van der Waals surface area contributed by atoms with Gasteiger partial charge in [-0.1, -0.05) is 20.8 Å². The quantitative estimate of drug-likeness (QED) is 0.0961. The van der Waals surface area contributed by atoms with Crippen LogP contribution in [0.3, 0.4) is 0 Å². The van der Waals surface area contributed by atoms with Crippen molar-refractivity contribution in [2.75, 3.05) is 25.5 Å². The van der Waals surface area contributed by atoms with Crippen molar-refractivity contribution in [2.45, 2.75) is 85.1 Å². The lowest BCUT2D eigenvalue weighted by atomic mass is 9.79. The van der Waals surface area contributed by atoms with Crippen molar-refractivity contribution in [3.63, 3.8) is 0 Å². The van der Waals surface area contributed by atoms with E-state index in [1.807, 2.05) is 0 Å². The van der Waals surface area contributed by atoms with Gasteiger partial charge >= 0.3 is 11.8 Å². The van der Waals surface area contributed by atoms with Gasteiger partial charge in [0.05, 0.1) is 46.2 Å². The number of hydrogen-bond acceptors (Lipinski definition) is 18. The van der Waals surface area contributed by atoms with Crippen molar-refractivity contribution in [3.8, 4) is 11.5 Å². The van der Waals surface area contributed by atoms with E-state index in [9.17, 15) is 54.2 Å². The number of phenolic OH excluding ortho intramolecular Hbond substituents is 1. The van der Waals surface area contributed by atoms with Crippen LogP contribution in [0.15, 0.2) is 53.7 Å². The Balaban J connectivity index is 1.42. The van der Waals surface area contributed by atoms with E-state index in [2.05, 4.69) is 20.9 Å². The smallest absolute Gasteiger partial charge is 0.312 e. The molecule has 0 spiro atoms. The molecule has 2 aliphatic carbocycles. The van der Waals surface area contributed by atoms with E-state index in [4.69, 9.17) is 18.9 Å². The van der Waals surface area contributed by atoms with E-state index in [-0.39, 0.29) is 53.5 Å². The summed E-state index contributed by atoms with van der Waals surface area (Å²) in [5, 5.41) is 53.7. The van der Waals surface area contributed by atoms with E-state index in [1.165, 1.54) is 53.0 Å². The van der Waals surface area contributed by atoms with Gasteiger partial charge in [-0.2, -0.15) is 0 Å². The van der Waals surface area contributed by atoms with Crippen molar-refractivity contribution < 1.29 is 68.0 Å². The molecule has 0 radical (unpaired) electrons. The fourth-order valence-electron chi connectivity index (χ4n) is 8.49. The van der Waals surface area contributed by atoms with Crippen LogP contribution in [0.5, 0.6) is 11.5 Å². The first-order valence-electron chi connectivity index (χ1n) is 20.6. The Hall–Kier alpha value is -6.51. The molecule has 5 bridgehead atoms. The maximum Gasteiger partial charge on any atom is 0.312 e. The Morgan fingerprint density at radius 3 is 2.31 bits per heavy atom. The van der Waals surface area contributed by atoms with E-state index in [1.54, 1.807) is 20.8 Å². The number of ether oxygens (including phenoxy) is 4. The van der Waals surface area contributed by atoms with Gasteiger partial charge in [-0.15, -0.1) is 0 Å². The van der Waals surface area contributed by atoms with Crippen LogP contribution in [0.1, 0.15) is 84.6 Å². The number of nitrogens with one attached hydrogen (secondary N) is 3. The van der Waals surface area contributed by atoms with Gasteiger partial charge in [-0.3, -0.25) is 38.9 Å². The number of anilines is 1.